The second-order valence-corrected chi connectivity index (χ2v) is 6.55. The number of halogens is 1. The molecular weight excluding hydrogens is 310 g/mol. The molecule has 0 spiro atoms. The summed E-state index contributed by atoms with van der Waals surface area (Å²) < 4.78 is 0. The third-order valence-electron chi connectivity index (χ3n) is 4.60. The van der Waals surface area contributed by atoms with E-state index in [1.165, 1.54) is 6.42 Å². The van der Waals surface area contributed by atoms with Crippen LogP contribution < -0.4 is 4.90 Å². The van der Waals surface area contributed by atoms with Crippen molar-refractivity contribution in [2.45, 2.75) is 12.8 Å². The summed E-state index contributed by atoms with van der Waals surface area (Å²) in [6.45, 7) is 3.98. The van der Waals surface area contributed by atoms with Crippen LogP contribution in [-0.2, 0) is 11.2 Å². The molecule has 0 atom stereocenters. The average molecular weight is 328 g/mol. The zero-order valence-corrected chi connectivity index (χ0v) is 13.6. The lowest BCUT2D eigenvalue weighted by Crippen LogP contribution is -2.43. The molecule has 118 valence electrons. The van der Waals surface area contributed by atoms with Crippen LogP contribution in [0.4, 0.5) is 5.69 Å². The number of carbonyl (C=O) groups is 1. The predicted octanol–water partition coefficient (Wildman–Crippen LogP) is 3.00. The van der Waals surface area contributed by atoms with Crippen molar-refractivity contribution in [3.8, 4) is 11.1 Å². The first-order valence-electron chi connectivity index (χ1n) is 7.98. The van der Waals surface area contributed by atoms with Gasteiger partial charge in [-0.1, -0.05) is 23.7 Å². The van der Waals surface area contributed by atoms with Crippen LogP contribution in [-0.4, -0.2) is 42.0 Å². The maximum atomic E-state index is 12.3. The van der Waals surface area contributed by atoms with Gasteiger partial charge in [0.25, 0.3) is 0 Å². The Kier molecular flexibility index (Phi) is 3.79. The number of hydrogen-bond acceptors (Lipinski definition) is 3. The Morgan fingerprint density at radius 2 is 2.00 bits per heavy atom. The van der Waals surface area contributed by atoms with E-state index in [-0.39, 0.29) is 5.91 Å². The van der Waals surface area contributed by atoms with E-state index in [0.717, 1.165) is 48.7 Å². The summed E-state index contributed by atoms with van der Waals surface area (Å²) in [5.41, 5.74) is 3.85. The van der Waals surface area contributed by atoms with E-state index >= 15 is 0 Å². The van der Waals surface area contributed by atoms with Crippen LogP contribution in [0.15, 0.2) is 36.5 Å². The number of benzene rings is 1. The summed E-state index contributed by atoms with van der Waals surface area (Å²) in [4.78, 5) is 21.1. The molecule has 0 unspecified atom stereocenters. The summed E-state index contributed by atoms with van der Waals surface area (Å²) in [6.07, 6.45) is 3.51. The van der Waals surface area contributed by atoms with E-state index in [9.17, 15) is 4.79 Å². The summed E-state index contributed by atoms with van der Waals surface area (Å²) in [6, 6.07) is 9.78. The molecular formula is C18H18ClN3O. The lowest BCUT2D eigenvalue weighted by molar-refractivity contribution is -0.117. The molecule has 0 radical (unpaired) electrons. The molecule has 0 N–H and O–H groups in total. The number of fused-ring (bicyclic) bond motifs is 1. The molecule has 0 aliphatic carbocycles. The number of aromatic nitrogens is 1. The van der Waals surface area contributed by atoms with Crippen LogP contribution in [0, 0.1) is 0 Å². The lowest BCUT2D eigenvalue weighted by atomic mass is 10.1. The lowest BCUT2D eigenvalue weighted by Gasteiger charge is -2.32. The number of carbonyl (C=O) groups excluding carboxylic acids is 1. The molecule has 2 aliphatic heterocycles. The molecule has 4 rings (SSSR count). The predicted molar refractivity (Wildman–Crippen MR) is 91.8 cm³/mol. The minimum Gasteiger partial charge on any atom is -0.309 e. The number of nitrogens with zero attached hydrogens (tertiary/aromatic N) is 3. The maximum Gasteiger partial charge on any atom is 0.233 e. The molecule has 23 heavy (non-hydrogen) atoms. The fourth-order valence-corrected chi connectivity index (χ4v) is 3.33. The highest BCUT2D eigenvalue weighted by molar-refractivity contribution is 6.30. The van der Waals surface area contributed by atoms with Gasteiger partial charge in [0.15, 0.2) is 0 Å². The van der Waals surface area contributed by atoms with Gasteiger partial charge in [-0.3, -0.25) is 9.78 Å². The van der Waals surface area contributed by atoms with Gasteiger partial charge in [0.1, 0.15) is 0 Å². The summed E-state index contributed by atoms with van der Waals surface area (Å²) >= 11 is 6.08. The van der Waals surface area contributed by atoms with Gasteiger partial charge in [-0.25, -0.2) is 0 Å². The minimum atomic E-state index is 0.149. The Morgan fingerprint density at radius 1 is 1.13 bits per heavy atom. The van der Waals surface area contributed by atoms with E-state index in [1.54, 1.807) is 0 Å². The van der Waals surface area contributed by atoms with E-state index in [2.05, 4.69) is 16.0 Å². The highest BCUT2D eigenvalue weighted by Crippen LogP contribution is 2.32. The monoisotopic (exact) mass is 327 g/mol. The first-order chi connectivity index (χ1) is 11.2. The Hall–Kier alpha value is -1.91. The third kappa shape index (κ3) is 2.84. The van der Waals surface area contributed by atoms with Crippen LogP contribution in [0.25, 0.3) is 11.1 Å². The molecule has 1 aromatic carbocycles. The Labute approximate surface area is 140 Å². The van der Waals surface area contributed by atoms with Crippen molar-refractivity contribution in [2.75, 3.05) is 31.1 Å². The molecule has 0 saturated carbocycles. The molecule has 1 fully saturated rings. The van der Waals surface area contributed by atoms with Gasteiger partial charge in [-0.15, -0.1) is 0 Å². The largest absolute Gasteiger partial charge is 0.309 e. The first kappa shape index (κ1) is 14.7. The van der Waals surface area contributed by atoms with Crippen molar-refractivity contribution in [2.24, 2.45) is 0 Å². The highest BCUT2D eigenvalue weighted by Gasteiger charge is 2.29. The fourth-order valence-electron chi connectivity index (χ4n) is 3.14. The number of anilines is 1. The Morgan fingerprint density at radius 3 is 2.74 bits per heavy atom. The van der Waals surface area contributed by atoms with Crippen molar-refractivity contribution >= 4 is 23.2 Å². The van der Waals surface area contributed by atoms with Crippen molar-refractivity contribution in [1.82, 2.24) is 9.88 Å². The summed E-state index contributed by atoms with van der Waals surface area (Å²) in [5.74, 6) is 0.149. The minimum absolute atomic E-state index is 0.149. The zero-order valence-electron chi connectivity index (χ0n) is 12.8. The van der Waals surface area contributed by atoms with Gasteiger partial charge in [0, 0.05) is 29.9 Å². The maximum absolute atomic E-state index is 12.3. The number of rotatable bonds is 4. The van der Waals surface area contributed by atoms with E-state index in [0.29, 0.717) is 11.4 Å². The molecule has 4 nitrogen and oxygen atoms in total. The van der Waals surface area contributed by atoms with Gasteiger partial charge >= 0.3 is 0 Å². The smallest absolute Gasteiger partial charge is 0.233 e. The van der Waals surface area contributed by atoms with E-state index < -0.39 is 0 Å². The van der Waals surface area contributed by atoms with Gasteiger partial charge < -0.3 is 9.80 Å². The number of hydrogen-bond donors (Lipinski definition) is 0. The fraction of sp³-hybridized carbons (Fsp3) is 0.333. The topological polar surface area (TPSA) is 36.4 Å². The SMILES string of the molecule is O=C1Cc2ncc(-c3cccc(Cl)c3)cc2N1CCN1CCC1. The summed E-state index contributed by atoms with van der Waals surface area (Å²) in [7, 11) is 0. The van der Waals surface area contributed by atoms with Gasteiger partial charge in [-0.05, 0) is 43.3 Å². The van der Waals surface area contributed by atoms with Crippen LogP contribution in [0.2, 0.25) is 5.02 Å². The van der Waals surface area contributed by atoms with Crippen LogP contribution in [0.5, 0.6) is 0 Å². The second-order valence-electron chi connectivity index (χ2n) is 6.12. The molecule has 5 heteroatoms. The van der Waals surface area contributed by atoms with Crippen molar-refractivity contribution < 1.29 is 4.79 Å². The van der Waals surface area contributed by atoms with Crippen molar-refractivity contribution in [3.05, 3.63) is 47.2 Å². The quantitative estimate of drug-likeness (QED) is 0.866. The van der Waals surface area contributed by atoms with Crippen molar-refractivity contribution in [3.63, 3.8) is 0 Å². The number of pyridine rings is 1. The van der Waals surface area contributed by atoms with Gasteiger partial charge in [0.2, 0.25) is 5.91 Å². The molecule has 2 aromatic rings. The highest BCUT2D eigenvalue weighted by atomic mass is 35.5. The Bertz CT molecular complexity index is 758. The van der Waals surface area contributed by atoms with Crippen molar-refractivity contribution in [1.29, 1.82) is 0 Å². The van der Waals surface area contributed by atoms with Gasteiger partial charge in [-0.2, -0.15) is 0 Å². The number of likely N-dealkylation sites (tertiary alicyclic amines) is 1. The second kappa shape index (κ2) is 5.95. The number of amides is 1. The average Bonchev–Trinajstić information content (AvgIpc) is 2.81. The van der Waals surface area contributed by atoms with E-state index in [1.807, 2.05) is 35.4 Å². The Balaban J connectivity index is 1.61. The third-order valence-corrected chi connectivity index (χ3v) is 4.84. The normalized spacial score (nSPS) is 17.3. The van der Waals surface area contributed by atoms with Crippen LogP contribution in [0.3, 0.4) is 0 Å². The van der Waals surface area contributed by atoms with Crippen LogP contribution >= 0.6 is 11.6 Å². The molecule has 3 heterocycles. The molecule has 1 amide bonds. The van der Waals surface area contributed by atoms with Gasteiger partial charge in [0.05, 0.1) is 17.8 Å². The molecule has 2 aliphatic rings. The summed E-state index contributed by atoms with van der Waals surface area (Å²) in [5, 5.41) is 0.703. The standard InChI is InChI=1S/C18H18ClN3O/c19-15-4-1-3-13(9-15)14-10-17-16(20-12-14)11-18(23)22(17)8-7-21-5-2-6-21/h1,3-4,9-10,12H,2,5-8,11H2. The van der Waals surface area contributed by atoms with Crippen LogP contribution in [0.1, 0.15) is 12.1 Å². The molecule has 1 aromatic heterocycles. The zero-order chi connectivity index (χ0) is 15.8. The molecule has 0 bridgehead atoms. The first-order valence-corrected chi connectivity index (χ1v) is 8.36. The van der Waals surface area contributed by atoms with E-state index in [4.69, 9.17) is 11.6 Å². The molecule has 1 saturated heterocycles.